The maximum atomic E-state index is 13.4. The summed E-state index contributed by atoms with van der Waals surface area (Å²) in [6.07, 6.45) is 0.135. The van der Waals surface area contributed by atoms with Crippen LogP contribution in [0.4, 0.5) is 8.78 Å². The van der Waals surface area contributed by atoms with Crippen molar-refractivity contribution < 1.29 is 18.7 Å². The van der Waals surface area contributed by atoms with Gasteiger partial charge in [0, 0.05) is 6.42 Å². The third-order valence-corrected chi connectivity index (χ3v) is 4.09. The molecule has 0 saturated carbocycles. The second-order valence-corrected chi connectivity index (χ2v) is 6.08. The first-order valence-corrected chi connectivity index (χ1v) is 7.78. The van der Waals surface area contributed by atoms with E-state index < -0.39 is 17.2 Å². The van der Waals surface area contributed by atoms with Gasteiger partial charge in [-0.3, -0.25) is 4.79 Å². The average molecular weight is 325 g/mol. The number of carbonyl (C=O) groups excluding carboxylic acids is 1. The Kier molecular flexibility index (Phi) is 5.26. The van der Waals surface area contributed by atoms with Crippen LogP contribution in [0, 0.1) is 11.6 Å². The smallest absolute Gasteiger partial charge is 0.220 e. The lowest BCUT2D eigenvalue weighted by Gasteiger charge is -2.22. The SMILES string of the molecule is CC(O)(CNC(=O)CCc1cc(F)ccc1F)c1ccsc1. The number of nitrogens with one attached hydrogen (secondary N) is 1. The van der Waals surface area contributed by atoms with Crippen molar-refractivity contribution in [2.75, 3.05) is 6.54 Å². The minimum Gasteiger partial charge on any atom is -0.384 e. The van der Waals surface area contributed by atoms with E-state index in [1.165, 1.54) is 11.3 Å². The molecule has 1 aromatic carbocycles. The number of amides is 1. The van der Waals surface area contributed by atoms with Gasteiger partial charge < -0.3 is 10.4 Å². The predicted octanol–water partition coefficient (Wildman–Crippen LogP) is 2.98. The Bertz CT molecular complexity index is 642. The van der Waals surface area contributed by atoms with Crippen LogP contribution in [0.25, 0.3) is 0 Å². The van der Waals surface area contributed by atoms with Gasteiger partial charge in [0.25, 0.3) is 0 Å². The summed E-state index contributed by atoms with van der Waals surface area (Å²) in [4.78, 5) is 11.8. The van der Waals surface area contributed by atoms with Crippen molar-refractivity contribution in [3.8, 4) is 0 Å². The van der Waals surface area contributed by atoms with E-state index in [9.17, 15) is 18.7 Å². The van der Waals surface area contributed by atoms with Gasteiger partial charge in [0.05, 0.1) is 6.54 Å². The molecule has 0 fully saturated rings. The zero-order valence-electron chi connectivity index (χ0n) is 12.1. The van der Waals surface area contributed by atoms with Gasteiger partial charge in [-0.25, -0.2) is 8.78 Å². The molecule has 1 heterocycles. The fourth-order valence-corrected chi connectivity index (χ4v) is 2.80. The minimum absolute atomic E-state index is 0.0279. The summed E-state index contributed by atoms with van der Waals surface area (Å²) >= 11 is 1.46. The number of halogens is 2. The van der Waals surface area contributed by atoms with Crippen LogP contribution in [-0.2, 0) is 16.8 Å². The Morgan fingerprint density at radius 1 is 1.36 bits per heavy atom. The van der Waals surface area contributed by atoms with Crippen molar-refractivity contribution in [1.29, 1.82) is 0 Å². The predicted molar refractivity (Wildman–Crippen MR) is 81.6 cm³/mol. The van der Waals surface area contributed by atoms with Gasteiger partial charge in [-0.15, -0.1) is 0 Å². The number of carbonyl (C=O) groups is 1. The molecule has 3 nitrogen and oxygen atoms in total. The fourth-order valence-electron chi connectivity index (χ4n) is 2.02. The number of aliphatic hydroxyl groups is 1. The molecule has 0 aliphatic heterocycles. The van der Waals surface area contributed by atoms with Crippen molar-refractivity contribution in [3.05, 3.63) is 57.8 Å². The molecule has 2 rings (SSSR count). The summed E-state index contributed by atoms with van der Waals surface area (Å²) in [6.45, 7) is 1.68. The fraction of sp³-hybridized carbons (Fsp3) is 0.312. The summed E-state index contributed by atoms with van der Waals surface area (Å²) in [5, 5.41) is 16.5. The van der Waals surface area contributed by atoms with E-state index >= 15 is 0 Å². The van der Waals surface area contributed by atoms with Gasteiger partial charge in [-0.05, 0) is 59.5 Å². The molecule has 1 unspecified atom stereocenters. The summed E-state index contributed by atoms with van der Waals surface area (Å²) in [6, 6.07) is 4.96. The van der Waals surface area contributed by atoms with Gasteiger partial charge in [-0.2, -0.15) is 11.3 Å². The largest absolute Gasteiger partial charge is 0.384 e. The summed E-state index contributed by atoms with van der Waals surface area (Å²) < 4.78 is 26.5. The van der Waals surface area contributed by atoms with Crippen molar-refractivity contribution in [2.24, 2.45) is 0 Å². The quantitative estimate of drug-likeness (QED) is 0.858. The molecule has 0 spiro atoms. The van der Waals surface area contributed by atoms with Gasteiger partial charge in [0.2, 0.25) is 5.91 Å². The van der Waals surface area contributed by atoms with Crippen molar-refractivity contribution >= 4 is 17.2 Å². The van der Waals surface area contributed by atoms with Crippen LogP contribution in [0.15, 0.2) is 35.0 Å². The van der Waals surface area contributed by atoms with Gasteiger partial charge in [0.15, 0.2) is 0 Å². The molecule has 6 heteroatoms. The molecular weight excluding hydrogens is 308 g/mol. The van der Waals surface area contributed by atoms with Crippen LogP contribution in [0.3, 0.4) is 0 Å². The van der Waals surface area contributed by atoms with Crippen LogP contribution in [0.2, 0.25) is 0 Å². The van der Waals surface area contributed by atoms with Crippen LogP contribution in [0.1, 0.15) is 24.5 Å². The molecule has 118 valence electrons. The van der Waals surface area contributed by atoms with E-state index in [-0.39, 0.29) is 30.9 Å². The van der Waals surface area contributed by atoms with Crippen molar-refractivity contribution in [3.63, 3.8) is 0 Å². The van der Waals surface area contributed by atoms with Crippen LogP contribution in [0.5, 0.6) is 0 Å². The maximum Gasteiger partial charge on any atom is 0.220 e. The number of hydrogen-bond donors (Lipinski definition) is 2. The highest BCUT2D eigenvalue weighted by atomic mass is 32.1. The molecular formula is C16H17F2NO2S. The first-order valence-electron chi connectivity index (χ1n) is 6.84. The van der Waals surface area contributed by atoms with Crippen molar-refractivity contribution in [1.82, 2.24) is 5.32 Å². The third-order valence-electron chi connectivity index (χ3n) is 3.40. The Morgan fingerprint density at radius 3 is 2.82 bits per heavy atom. The first kappa shape index (κ1) is 16.6. The molecule has 1 aromatic heterocycles. The Morgan fingerprint density at radius 2 is 2.14 bits per heavy atom. The van der Waals surface area contributed by atoms with Gasteiger partial charge in [-0.1, -0.05) is 0 Å². The Balaban J connectivity index is 1.85. The molecule has 1 atom stereocenters. The third kappa shape index (κ3) is 4.35. The van der Waals surface area contributed by atoms with E-state index in [2.05, 4.69) is 5.32 Å². The molecule has 0 aliphatic rings. The minimum atomic E-state index is -1.15. The molecule has 0 saturated heterocycles. The van der Waals surface area contributed by atoms with E-state index in [4.69, 9.17) is 0 Å². The van der Waals surface area contributed by atoms with Crippen molar-refractivity contribution in [2.45, 2.75) is 25.4 Å². The highest BCUT2D eigenvalue weighted by Crippen LogP contribution is 2.22. The lowest BCUT2D eigenvalue weighted by atomic mass is 9.99. The Labute approximate surface area is 131 Å². The van der Waals surface area contributed by atoms with Crippen LogP contribution in [-0.4, -0.2) is 17.6 Å². The van der Waals surface area contributed by atoms with E-state index in [1.54, 1.807) is 13.0 Å². The normalized spacial score (nSPS) is 13.6. The second-order valence-electron chi connectivity index (χ2n) is 5.30. The maximum absolute atomic E-state index is 13.4. The molecule has 0 radical (unpaired) electrons. The molecule has 1 amide bonds. The average Bonchev–Trinajstić information content (AvgIpc) is 3.01. The highest BCUT2D eigenvalue weighted by Gasteiger charge is 2.24. The Hall–Kier alpha value is -1.79. The van der Waals surface area contributed by atoms with Gasteiger partial charge >= 0.3 is 0 Å². The number of aryl methyl sites for hydroxylation is 1. The second kappa shape index (κ2) is 6.98. The summed E-state index contributed by atoms with van der Waals surface area (Å²) in [7, 11) is 0. The van der Waals surface area contributed by atoms with Gasteiger partial charge in [0.1, 0.15) is 17.2 Å². The topological polar surface area (TPSA) is 49.3 Å². The molecule has 0 bridgehead atoms. The molecule has 2 aromatic rings. The van der Waals surface area contributed by atoms with Crippen LogP contribution < -0.4 is 5.32 Å². The number of rotatable bonds is 6. The number of hydrogen-bond acceptors (Lipinski definition) is 3. The molecule has 2 N–H and O–H groups in total. The lowest BCUT2D eigenvalue weighted by Crippen LogP contribution is -2.38. The van der Waals surface area contributed by atoms with E-state index in [1.807, 2.05) is 10.8 Å². The lowest BCUT2D eigenvalue weighted by molar-refractivity contribution is -0.122. The number of benzene rings is 1. The van der Waals surface area contributed by atoms with E-state index in [0.717, 1.165) is 23.8 Å². The molecule has 22 heavy (non-hydrogen) atoms. The highest BCUT2D eigenvalue weighted by molar-refractivity contribution is 7.08. The summed E-state index contributed by atoms with van der Waals surface area (Å²) in [5.41, 5.74) is -0.256. The monoisotopic (exact) mass is 325 g/mol. The first-order chi connectivity index (χ1) is 10.4. The van der Waals surface area contributed by atoms with E-state index in [0.29, 0.717) is 0 Å². The zero-order chi connectivity index (χ0) is 16.2. The van der Waals surface area contributed by atoms with Crippen LogP contribution >= 0.6 is 11.3 Å². The standard InChI is InChI=1S/C16H17F2NO2S/c1-16(21,12-6-7-22-9-12)10-19-15(20)5-2-11-8-13(17)3-4-14(11)18/h3-4,6-9,21H,2,5,10H2,1H3,(H,19,20). The molecule has 0 aliphatic carbocycles. The zero-order valence-corrected chi connectivity index (χ0v) is 12.9. The summed E-state index contributed by atoms with van der Waals surface area (Å²) in [5.74, 6) is -1.38. The number of thiophene rings is 1.